The first-order chi connectivity index (χ1) is 9.19. The van der Waals surface area contributed by atoms with E-state index in [2.05, 4.69) is 36.5 Å². The lowest BCUT2D eigenvalue weighted by Crippen LogP contribution is -2.32. The molecule has 0 bridgehead atoms. The third-order valence-electron chi connectivity index (χ3n) is 3.75. The van der Waals surface area contributed by atoms with Gasteiger partial charge in [-0.2, -0.15) is 0 Å². The molecule has 1 aliphatic heterocycles. The number of piperidine rings is 1. The molecule has 19 heavy (non-hydrogen) atoms. The largest absolute Gasteiger partial charge is 0.466 e. The average molecular weight is 261 g/mol. The third kappa shape index (κ3) is 4.06. The molecule has 3 nitrogen and oxygen atoms in total. The summed E-state index contributed by atoms with van der Waals surface area (Å²) in [5.74, 6) is 0.378. The maximum absolute atomic E-state index is 11.6. The van der Waals surface area contributed by atoms with Crippen molar-refractivity contribution < 1.29 is 9.53 Å². The second kappa shape index (κ2) is 6.71. The Morgan fingerprint density at radius 1 is 1.37 bits per heavy atom. The van der Waals surface area contributed by atoms with Crippen molar-refractivity contribution in [2.75, 3.05) is 13.2 Å². The van der Waals surface area contributed by atoms with Crippen molar-refractivity contribution in [2.24, 2.45) is 5.92 Å². The van der Waals surface area contributed by atoms with E-state index in [9.17, 15) is 4.79 Å². The van der Waals surface area contributed by atoms with Crippen LogP contribution in [-0.4, -0.2) is 19.1 Å². The maximum atomic E-state index is 11.6. The first kappa shape index (κ1) is 14.1. The second-order valence-corrected chi connectivity index (χ2v) is 5.32. The fraction of sp³-hybridized carbons (Fsp3) is 0.562. The highest BCUT2D eigenvalue weighted by Gasteiger charge is 2.24. The standard InChI is InChI=1S/C16H23NO2/c1-3-19-16(18)11-13-8-9-17-15(10-13)14-6-4-12(2)5-7-14/h4-7,13,15,17H,3,8-11H2,1-2H3/t13-,15+/m1/s1. The monoisotopic (exact) mass is 261 g/mol. The molecule has 1 aromatic carbocycles. The van der Waals surface area contributed by atoms with Crippen molar-refractivity contribution in [2.45, 2.75) is 39.2 Å². The van der Waals surface area contributed by atoms with Gasteiger partial charge in [0.15, 0.2) is 0 Å². The highest BCUT2D eigenvalue weighted by molar-refractivity contribution is 5.69. The summed E-state index contributed by atoms with van der Waals surface area (Å²) in [7, 11) is 0. The number of hydrogen-bond donors (Lipinski definition) is 1. The molecule has 0 unspecified atom stereocenters. The van der Waals surface area contributed by atoms with Gasteiger partial charge in [-0.15, -0.1) is 0 Å². The van der Waals surface area contributed by atoms with Crippen LogP contribution in [0.1, 0.15) is 43.4 Å². The summed E-state index contributed by atoms with van der Waals surface area (Å²) in [5.41, 5.74) is 2.60. The lowest BCUT2D eigenvalue weighted by molar-refractivity contribution is -0.144. The summed E-state index contributed by atoms with van der Waals surface area (Å²) in [4.78, 5) is 11.6. The molecule has 1 aliphatic rings. The van der Waals surface area contributed by atoms with Gasteiger partial charge in [0.1, 0.15) is 0 Å². The van der Waals surface area contributed by atoms with E-state index in [1.807, 2.05) is 6.92 Å². The molecule has 0 spiro atoms. The van der Waals surface area contributed by atoms with Gasteiger partial charge in [-0.25, -0.2) is 0 Å². The summed E-state index contributed by atoms with van der Waals surface area (Å²) in [6.07, 6.45) is 2.63. The first-order valence-corrected chi connectivity index (χ1v) is 7.14. The summed E-state index contributed by atoms with van der Waals surface area (Å²) in [6, 6.07) is 9.02. The van der Waals surface area contributed by atoms with Crippen molar-refractivity contribution in [3.05, 3.63) is 35.4 Å². The van der Waals surface area contributed by atoms with Gasteiger partial charge < -0.3 is 10.1 Å². The summed E-state index contributed by atoms with van der Waals surface area (Å²) in [5, 5.41) is 3.54. The van der Waals surface area contributed by atoms with E-state index in [4.69, 9.17) is 4.74 Å². The zero-order valence-electron chi connectivity index (χ0n) is 11.8. The normalized spacial score (nSPS) is 23.1. The Kier molecular flexibility index (Phi) is 4.97. The van der Waals surface area contributed by atoms with Gasteiger partial charge in [0.2, 0.25) is 0 Å². The molecule has 1 saturated heterocycles. The van der Waals surface area contributed by atoms with E-state index in [0.717, 1.165) is 19.4 Å². The van der Waals surface area contributed by atoms with Crippen molar-refractivity contribution >= 4 is 5.97 Å². The van der Waals surface area contributed by atoms with Crippen LogP contribution in [0, 0.1) is 12.8 Å². The molecular formula is C16H23NO2. The molecule has 0 aliphatic carbocycles. The van der Waals surface area contributed by atoms with E-state index in [0.29, 0.717) is 25.0 Å². The Hall–Kier alpha value is -1.35. The molecule has 0 radical (unpaired) electrons. The lowest BCUT2D eigenvalue weighted by atomic mass is 9.86. The molecule has 2 rings (SSSR count). The predicted molar refractivity (Wildman–Crippen MR) is 75.9 cm³/mol. The number of aryl methyl sites for hydroxylation is 1. The van der Waals surface area contributed by atoms with Crippen LogP contribution in [0.25, 0.3) is 0 Å². The minimum absolute atomic E-state index is 0.0583. The molecular weight excluding hydrogens is 238 g/mol. The number of nitrogens with one attached hydrogen (secondary N) is 1. The Bertz CT molecular complexity index is 413. The maximum Gasteiger partial charge on any atom is 0.306 e. The van der Waals surface area contributed by atoms with E-state index >= 15 is 0 Å². The lowest BCUT2D eigenvalue weighted by Gasteiger charge is -2.30. The Balaban J connectivity index is 1.93. The molecule has 0 aromatic heterocycles. The molecule has 1 N–H and O–H groups in total. The molecule has 3 heteroatoms. The van der Waals surface area contributed by atoms with E-state index < -0.39 is 0 Å². The van der Waals surface area contributed by atoms with Gasteiger partial charge >= 0.3 is 5.97 Å². The SMILES string of the molecule is CCOC(=O)C[C@@H]1CCN[C@H](c2ccc(C)cc2)C1. The van der Waals surface area contributed by atoms with Crippen LogP contribution in [0.2, 0.25) is 0 Å². The summed E-state index contributed by atoms with van der Waals surface area (Å²) in [6.45, 7) is 5.41. The van der Waals surface area contributed by atoms with E-state index in [1.54, 1.807) is 0 Å². The fourth-order valence-electron chi connectivity index (χ4n) is 2.69. The number of carbonyl (C=O) groups excluding carboxylic acids is 1. The van der Waals surface area contributed by atoms with Gasteiger partial charge in [0, 0.05) is 12.5 Å². The molecule has 1 fully saturated rings. The van der Waals surface area contributed by atoms with Gasteiger partial charge in [-0.1, -0.05) is 29.8 Å². The van der Waals surface area contributed by atoms with Crippen LogP contribution in [0.4, 0.5) is 0 Å². The van der Waals surface area contributed by atoms with Crippen molar-refractivity contribution in [3.8, 4) is 0 Å². The number of benzene rings is 1. The summed E-state index contributed by atoms with van der Waals surface area (Å²) >= 11 is 0. The molecule has 0 amide bonds. The molecule has 0 saturated carbocycles. The average Bonchev–Trinajstić information content (AvgIpc) is 2.40. The van der Waals surface area contributed by atoms with Gasteiger partial charge in [0.05, 0.1) is 6.61 Å². The van der Waals surface area contributed by atoms with Crippen LogP contribution in [0.15, 0.2) is 24.3 Å². The Morgan fingerprint density at radius 2 is 2.11 bits per heavy atom. The Labute approximate surface area is 115 Å². The van der Waals surface area contributed by atoms with E-state index in [1.165, 1.54) is 11.1 Å². The van der Waals surface area contributed by atoms with Crippen LogP contribution in [0.3, 0.4) is 0 Å². The van der Waals surface area contributed by atoms with Gasteiger partial charge in [-0.3, -0.25) is 4.79 Å². The number of ether oxygens (including phenoxy) is 1. The molecule has 1 aromatic rings. The molecule has 2 atom stereocenters. The number of rotatable bonds is 4. The fourth-order valence-corrected chi connectivity index (χ4v) is 2.69. The topological polar surface area (TPSA) is 38.3 Å². The smallest absolute Gasteiger partial charge is 0.306 e. The zero-order valence-corrected chi connectivity index (χ0v) is 11.8. The van der Waals surface area contributed by atoms with Gasteiger partial charge in [0.25, 0.3) is 0 Å². The molecule has 104 valence electrons. The predicted octanol–water partition coefficient (Wildman–Crippen LogP) is 2.99. The number of hydrogen-bond acceptors (Lipinski definition) is 3. The first-order valence-electron chi connectivity index (χ1n) is 7.14. The third-order valence-corrected chi connectivity index (χ3v) is 3.75. The highest BCUT2D eigenvalue weighted by atomic mass is 16.5. The summed E-state index contributed by atoms with van der Waals surface area (Å²) < 4.78 is 5.04. The quantitative estimate of drug-likeness (QED) is 0.847. The highest BCUT2D eigenvalue weighted by Crippen LogP contribution is 2.29. The van der Waals surface area contributed by atoms with Crippen molar-refractivity contribution in [3.63, 3.8) is 0 Å². The van der Waals surface area contributed by atoms with Crippen molar-refractivity contribution in [1.29, 1.82) is 0 Å². The van der Waals surface area contributed by atoms with Crippen LogP contribution in [0.5, 0.6) is 0 Å². The second-order valence-electron chi connectivity index (χ2n) is 5.32. The minimum atomic E-state index is -0.0583. The molecule has 1 heterocycles. The number of esters is 1. The zero-order chi connectivity index (χ0) is 13.7. The Morgan fingerprint density at radius 3 is 2.79 bits per heavy atom. The van der Waals surface area contributed by atoms with Crippen molar-refractivity contribution in [1.82, 2.24) is 5.32 Å². The van der Waals surface area contributed by atoms with Gasteiger partial charge in [-0.05, 0) is 44.7 Å². The van der Waals surface area contributed by atoms with Crippen LogP contribution >= 0.6 is 0 Å². The van der Waals surface area contributed by atoms with E-state index in [-0.39, 0.29) is 5.97 Å². The van der Waals surface area contributed by atoms with Crippen LogP contribution < -0.4 is 5.32 Å². The number of carbonyl (C=O) groups is 1. The minimum Gasteiger partial charge on any atom is -0.466 e. The van der Waals surface area contributed by atoms with Crippen LogP contribution in [-0.2, 0) is 9.53 Å².